The van der Waals surface area contributed by atoms with Gasteiger partial charge in [-0.3, -0.25) is 9.59 Å². The highest BCUT2D eigenvalue weighted by Gasteiger charge is 2.09. The number of halogens is 1. The van der Waals surface area contributed by atoms with Crippen molar-refractivity contribution in [2.24, 2.45) is 0 Å². The molecule has 5 heteroatoms. The molecule has 2 aromatic carbocycles. The van der Waals surface area contributed by atoms with Crippen molar-refractivity contribution in [1.29, 1.82) is 0 Å². The highest BCUT2D eigenvalue weighted by molar-refractivity contribution is 6.04. The van der Waals surface area contributed by atoms with Crippen molar-refractivity contribution in [3.63, 3.8) is 0 Å². The summed E-state index contributed by atoms with van der Waals surface area (Å²) in [5, 5.41) is 5.03. The molecular weight excluding hydrogens is 271 g/mol. The van der Waals surface area contributed by atoms with E-state index >= 15 is 0 Å². The van der Waals surface area contributed by atoms with Crippen molar-refractivity contribution in [3.05, 3.63) is 59.4 Å². The SMILES string of the molecule is CC(=O)Nc1cc(NC(=O)c2ccc(C)cc2)ccc1F. The summed E-state index contributed by atoms with van der Waals surface area (Å²) >= 11 is 0. The summed E-state index contributed by atoms with van der Waals surface area (Å²) < 4.78 is 13.5. The minimum Gasteiger partial charge on any atom is -0.324 e. The van der Waals surface area contributed by atoms with Gasteiger partial charge in [0.15, 0.2) is 0 Å². The van der Waals surface area contributed by atoms with Crippen LogP contribution in [0.4, 0.5) is 15.8 Å². The zero-order valence-corrected chi connectivity index (χ0v) is 11.7. The molecule has 0 aliphatic rings. The predicted molar refractivity (Wildman–Crippen MR) is 79.8 cm³/mol. The van der Waals surface area contributed by atoms with Crippen molar-refractivity contribution >= 4 is 23.2 Å². The first-order chi connectivity index (χ1) is 9.95. The Morgan fingerprint density at radius 1 is 1.00 bits per heavy atom. The van der Waals surface area contributed by atoms with E-state index in [9.17, 15) is 14.0 Å². The second-order valence-corrected chi connectivity index (χ2v) is 4.70. The van der Waals surface area contributed by atoms with Crippen LogP contribution in [0.25, 0.3) is 0 Å². The largest absolute Gasteiger partial charge is 0.324 e. The lowest BCUT2D eigenvalue weighted by Crippen LogP contribution is -2.13. The average Bonchev–Trinajstić information content (AvgIpc) is 2.42. The smallest absolute Gasteiger partial charge is 0.255 e. The van der Waals surface area contributed by atoms with E-state index in [1.54, 1.807) is 12.1 Å². The van der Waals surface area contributed by atoms with E-state index in [1.807, 2.05) is 19.1 Å². The molecule has 4 nitrogen and oxygen atoms in total. The molecule has 2 amide bonds. The Bertz CT molecular complexity index is 681. The maximum absolute atomic E-state index is 13.5. The number of anilines is 2. The van der Waals surface area contributed by atoms with Crippen LogP contribution in [0.1, 0.15) is 22.8 Å². The number of aryl methyl sites for hydroxylation is 1. The summed E-state index contributed by atoms with van der Waals surface area (Å²) in [4.78, 5) is 23.0. The van der Waals surface area contributed by atoms with Crippen LogP contribution in [0, 0.1) is 12.7 Å². The molecule has 0 spiro atoms. The molecule has 0 aliphatic heterocycles. The molecule has 0 aromatic heterocycles. The lowest BCUT2D eigenvalue weighted by molar-refractivity contribution is -0.114. The van der Waals surface area contributed by atoms with Crippen molar-refractivity contribution in [2.45, 2.75) is 13.8 Å². The first kappa shape index (κ1) is 14.7. The first-order valence-electron chi connectivity index (χ1n) is 6.41. The Kier molecular flexibility index (Phi) is 4.33. The molecule has 0 radical (unpaired) electrons. The number of hydrogen-bond acceptors (Lipinski definition) is 2. The van der Waals surface area contributed by atoms with E-state index < -0.39 is 5.82 Å². The number of benzene rings is 2. The predicted octanol–water partition coefficient (Wildman–Crippen LogP) is 3.34. The van der Waals surface area contributed by atoms with Gasteiger partial charge in [0.25, 0.3) is 5.91 Å². The Morgan fingerprint density at radius 3 is 2.29 bits per heavy atom. The van der Waals surface area contributed by atoms with Gasteiger partial charge in [0.05, 0.1) is 5.69 Å². The quantitative estimate of drug-likeness (QED) is 0.909. The molecule has 0 unspecified atom stereocenters. The topological polar surface area (TPSA) is 58.2 Å². The fourth-order valence-corrected chi connectivity index (χ4v) is 1.80. The Balaban J connectivity index is 2.17. The van der Waals surface area contributed by atoms with Crippen LogP contribution < -0.4 is 10.6 Å². The molecule has 0 aliphatic carbocycles. The van der Waals surface area contributed by atoms with Crippen molar-refractivity contribution in [3.8, 4) is 0 Å². The van der Waals surface area contributed by atoms with Gasteiger partial charge in [0.2, 0.25) is 5.91 Å². The number of rotatable bonds is 3. The highest BCUT2D eigenvalue weighted by atomic mass is 19.1. The van der Waals surface area contributed by atoms with Gasteiger partial charge in [0.1, 0.15) is 5.82 Å². The van der Waals surface area contributed by atoms with Crippen molar-refractivity contribution in [1.82, 2.24) is 0 Å². The average molecular weight is 286 g/mol. The number of hydrogen-bond donors (Lipinski definition) is 2. The monoisotopic (exact) mass is 286 g/mol. The van der Waals surface area contributed by atoms with Crippen LogP contribution in [0.5, 0.6) is 0 Å². The van der Waals surface area contributed by atoms with Gasteiger partial charge < -0.3 is 10.6 Å². The maximum Gasteiger partial charge on any atom is 0.255 e. The fourth-order valence-electron chi connectivity index (χ4n) is 1.80. The van der Waals surface area contributed by atoms with Gasteiger partial charge in [-0.25, -0.2) is 4.39 Å². The van der Waals surface area contributed by atoms with Crippen LogP contribution in [0.3, 0.4) is 0 Å². The second-order valence-electron chi connectivity index (χ2n) is 4.70. The molecule has 2 rings (SSSR count). The molecule has 21 heavy (non-hydrogen) atoms. The number of carbonyl (C=O) groups is 2. The van der Waals surface area contributed by atoms with Crippen LogP contribution in [0.2, 0.25) is 0 Å². The number of carbonyl (C=O) groups excluding carboxylic acids is 2. The lowest BCUT2D eigenvalue weighted by atomic mass is 10.1. The van der Waals surface area contributed by atoms with Crippen molar-refractivity contribution in [2.75, 3.05) is 10.6 Å². The standard InChI is InChI=1S/C16H15FN2O2/c1-10-3-5-12(6-4-10)16(21)19-13-7-8-14(17)15(9-13)18-11(2)20/h3-9H,1-2H3,(H,18,20)(H,19,21). The van der Waals surface area contributed by atoms with Crippen LogP contribution >= 0.6 is 0 Å². The Hall–Kier alpha value is -2.69. The summed E-state index contributed by atoms with van der Waals surface area (Å²) in [7, 11) is 0. The third-order valence-corrected chi connectivity index (χ3v) is 2.85. The maximum atomic E-state index is 13.5. The molecule has 0 atom stereocenters. The first-order valence-corrected chi connectivity index (χ1v) is 6.41. The van der Waals surface area contributed by atoms with E-state index in [-0.39, 0.29) is 17.5 Å². The molecule has 2 N–H and O–H groups in total. The van der Waals surface area contributed by atoms with Crippen LogP contribution in [-0.4, -0.2) is 11.8 Å². The summed E-state index contributed by atoms with van der Waals surface area (Å²) in [6, 6.07) is 11.1. The van der Waals surface area contributed by atoms with Gasteiger partial charge in [-0.2, -0.15) is 0 Å². The van der Waals surface area contributed by atoms with Gasteiger partial charge in [-0.05, 0) is 37.3 Å². The summed E-state index contributed by atoms with van der Waals surface area (Å²) in [6.07, 6.45) is 0. The minimum absolute atomic E-state index is 0.0317. The lowest BCUT2D eigenvalue weighted by Gasteiger charge is -2.09. The van der Waals surface area contributed by atoms with E-state index in [0.29, 0.717) is 11.3 Å². The van der Waals surface area contributed by atoms with E-state index in [2.05, 4.69) is 10.6 Å². The zero-order chi connectivity index (χ0) is 15.4. The van der Waals surface area contributed by atoms with E-state index in [1.165, 1.54) is 25.1 Å². The summed E-state index contributed by atoms with van der Waals surface area (Å²) in [5.74, 6) is -1.23. The molecule has 2 aromatic rings. The van der Waals surface area contributed by atoms with Gasteiger partial charge in [0, 0.05) is 18.2 Å². The number of amides is 2. The molecule has 108 valence electrons. The Labute approximate surface area is 122 Å². The van der Waals surface area contributed by atoms with Gasteiger partial charge >= 0.3 is 0 Å². The third-order valence-electron chi connectivity index (χ3n) is 2.85. The minimum atomic E-state index is -0.557. The summed E-state index contributed by atoms with van der Waals surface area (Å²) in [6.45, 7) is 3.22. The van der Waals surface area contributed by atoms with Crippen LogP contribution in [0.15, 0.2) is 42.5 Å². The molecule has 0 saturated carbocycles. The van der Waals surface area contributed by atoms with E-state index in [4.69, 9.17) is 0 Å². The normalized spacial score (nSPS) is 10.0. The van der Waals surface area contributed by atoms with Gasteiger partial charge in [-0.15, -0.1) is 0 Å². The second kappa shape index (κ2) is 6.17. The molecule has 0 fully saturated rings. The number of nitrogens with one attached hydrogen (secondary N) is 2. The van der Waals surface area contributed by atoms with Gasteiger partial charge in [-0.1, -0.05) is 17.7 Å². The molecule has 0 heterocycles. The van der Waals surface area contributed by atoms with Crippen LogP contribution in [-0.2, 0) is 4.79 Å². The molecule has 0 bridgehead atoms. The fraction of sp³-hybridized carbons (Fsp3) is 0.125. The van der Waals surface area contributed by atoms with Crippen molar-refractivity contribution < 1.29 is 14.0 Å². The Morgan fingerprint density at radius 2 is 1.67 bits per heavy atom. The summed E-state index contributed by atoms with van der Waals surface area (Å²) in [5.41, 5.74) is 2.00. The van der Waals surface area contributed by atoms with E-state index in [0.717, 1.165) is 5.56 Å². The molecule has 0 saturated heterocycles. The highest BCUT2D eigenvalue weighted by Crippen LogP contribution is 2.20. The third kappa shape index (κ3) is 3.89. The zero-order valence-electron chi connectivity index (χ0n) is 11.7. The molecular formula is C16H15FN2O2.